The number of hydrogen-bond donors (Lipinski definition) is 2. The second-order valence-corrected chi connectivity index (χ2v) is 8.71. The van der Waals surface area contributed by atoms with Gasteiger partial charge in [-0.25, -0.2) is 8.78 Å². The van der Waals surface area contributed by atoms with Crippen molar-refractivity contribution in [3.63, 3.8) is 0 Å². The number of carbonyl (C=O) groups excluding carboxylic acids is 1. The van der Waals surface area contributed by atoms with Gasteiger partial charge in [0.05, 0.1) is 16.1 Å². The van der Waals surface area contributed by atoms with Gasteiger partial charge in [0.1, 0.15) is 0 Å². The van der Waals surface area contributed by atoms with Gasteiger partial charge >= 0.3 is 0 Å². The van der Waals surface area contributed by atoms with Crippen LogP contribution in [0.1, 0.15) is 55.3 Å². The Bertz CT molecular complexity index is 894. The molecule has 1 saturated carbocycles. The molecule has 1 aromatic carbocycles. The molecule has 1 saturated heterocycles. The van der Waals surface area contributed by atoms with Crippen LogP contribution in [-0.4, -0.2) is 39.6 Å². The second-order valence-electron chi connectivity index (χ2n) is 8.30. The topological polar surface area (TPSA) is 54.3 Å². The number of halogens is 3. The molecule has 2 N–H and O–H groups in total. The van der Waals surface area contributed by atoms with Gasteiger partial charge in [0.2, 0.25) is 0 Å². The number of nitrogens with zero attached hydrogens (tertiary/aromatic N) is 1. The highest BCUT2D eigenvalue weighted by Gasteiger charge is 2.44. The van der Waals surface area contributed by atoms with Gasteiger partial charge < -0.3 is 15.0 Å². The summed E-state index contributed by atoms with van der Waals surface area (Å²) in [5.41, 5.74) is -0.0753. The number of Topliss-reactive ketones (excluding diaryl/α,β-unsaturated/α-hetero) is 1. The fourth-order valence-corrected chi connectivity index (χ4v) is 4.71. The third-order valence-electron chi connectivity index (χ3n) is 6.09. The molecule has 1 aliphatic carbocycles. The third-order valence-corrected chi connectivity index (χ3v) is 6.40. The minimum Gasteiger partial charge on any atom is -0.390 e. The highest BCUT2D eigenvalue weighted by molar-refractivity contribution is 6.37. The minimum absolute atomic E-state index is 0.0264. The number of aromatic nitrogens is 1. The van der Waals surface area contributed by atoms with E-state index in [1.54, 1.807) is 6.07 Å². The van der Waals surface area contributed by atoms with Crippen LogP contribution in [0.15, 0.2) is 24.4 Å². The molecule has 2 heterocycles. The van der Waals surface area contributed by atoms with Crippen LogP contribution in [-0.2, 0) is 6.54 Å². The maximum atomic E-state index is 13.7. The summed E-state index contributed by atoms with van der Waals surface area (Å²) in [6, 6.07) is 5.92. The molecule has 7 heteroatoms. The van der Waals surface area contributed by atoms with E-state index in [0.717, 1.165) is 25.0 Å². The first kappa shape index (κ1) is 19.8. The predicted molar refractivity (Wildman–Crippen MR) is 105 cm³/mol. The van der Waals surface area contributed by atoms with Gasteiger partial charge in [-0.3, -0.25) is 4.79 Å². The summed E-state index contributed by atoms with van der Waals surface area (Å²) in [5.74, 6) is -3.02. The Kier molecular flexibility index (Phi) is 5.23. The summed E-state index contributed by atoms with van der Waals surface area (Å²) < 4.78 is 29.4. The number of rotatable bonds is 6. The fourth-order valence-electron chi connectivity index (χ4n) is 4.44. The first-order valence-corrected chi connectivity index (χ1v) is 10.3. The molecule has 4 rings (SSSR count). The van der Waals surface area contributed by atoms with Crippen molar-refractivity contribution in [1.29, 1.82) is 0 Å². The standard InChI is InChI=1S/C21H25ClF2N2O2/c22-16-3-1-4-17-19(16)15(12-26(17)11-14-6-10-25-14)18(27)5-9-20(28)7-2-8-21(23,24)13-20/h1,3-4,12,14,25,28H,2,5-11,13H2. The Balaban J connectivity index is 1.55. The van der Waals surface area contributed by atoms with Crippen LogP contribution in [0.2, 0.25) is 5.02 Å². The van der Waals surface area contributed by atoms with Gasteiger partial charge in [-0.2, -0.15) is 0 Å². The number of fused-ring (bicyclic) bond motifs is 1. The highest BCUT2D eigenvalue weighted by Crippen LogP contribution is 2.41. The van der Waals surface area contributed by atoms with Crippen molar-refractivity contribution in [3.8, 4) is 0 Å². The first-order chi connectivity index (χ1) is 13.3. The van der Waals surface area contributed by atoms with E-state index < -0.39 is 17.9 Å². The monoisotopic (exact) mass is 410 g/mol. The smallest absolute Gasteiger partial charge is 0.250 e. The van der Waals surface area contributed by atoms with Crippen LogP contribution in [0.25, 0.3) is 10.9 Å². The summed E-state index contributed by atoms with van der Waals surface area (Å²) in [4.78, 5) is 13.0. The van der Waals surface area contributed by atoms with Crippen molar-refractivity contribution in [3.05, 3.63) is 35.0 Å². The zero-order valence-electron chi connectivity index (χ0n) is 15.7. The Morgan fingerprint density at radius 1 is 1.36 bits per heavy atom. The van der Waals surface area contributed by atoms with E-state index in [1.165, 1.54) is 0 Å². The van der Waals surface area contributed by atoms with Crippen LogP contribution < -0.4 is 5.32 Å². The summed E-state index contributed by atoms with van der Waals surface area (Å²) in [7, 11) is 0. The Morgan fingerprint density at radius 2 is 2.14 bits per heavy atom. The molecular weight excluding hydrogens is 386 g/mol. The molecule has 2 fully saturated rings. The molecule has 2 aromatic rings. The molecule has 0 bridgehead atoms. The molecule has 1 aliphatic heterocycles. The van der Waals surface area contributed by atoms with Gasteiger partial charge in [-0.05, 0) is 44.4 Å². The number of hydrogen-bond acceptors (Lipinski definition) is 3. The van der Waals surface area contributed by atoms with Crippen molar-refractivity contribution in [1.82, 2.24) is 9.88 Å². The molecule has 152 valence electrons. The van der Waals surface area contributed by atoms with E-state index in [4.69, 9.17) is 11.6 Å². The van der Waals surface area contributed by atoms with Gasteiger partial charge in [-0.15, -0.1) is 0 Å². The van der Waals surface area contributed by atoms with Crippen LogP contribution in [0.4, 0.5) is 8.78 Å². The predicted octanol–water partition coefficient (Wildman–Crippen LogP) is 4.56. The number of benzene rings is 1. The van der Waals surface area contributed by atoms with Crippen LogP contribution >= 0.6 is 11.6 Å². The molecule has 1 aromatic heterocycles. The van der Waals surface area contributed by atoms with Crippen molar-refractivity contribution >= 4 is 28.3 Å². The first-order valence-electron chi connectivity index (χ1n) is 9.91. The number of ketones is 1. The molecule has 2 aliphatic rings. The maximum absolute atomic E-state index is 13.7. The van der Waals surface area contributed by atoms with E-state index in [1.807, 2.05) is 22.9 Å². The van der Waals surface area contributed by atoms with E-state index in [9.17, 15) is 18.7 Å². The summed E-state index contributed by atoms with van der Waals surface area (Å²) in [5, 5.41) is 15.1. The molecule has 0 spiro atoms. The van der Waals surface area contributed by atoms with Crippen LogP contribution in [0.5, 0.6) is 0 Å². The summed E-state index contributed by atoms with van der Waals surface area (Å²) in [6.07, 6.45) is 2.80. The van der Waals surface area contributed by atoms with Gasteiger partial charge in [0.15, 0.2) is 5.78 Å². The van der Waals surface area contributed by atoms with Gasteiger partial charge in [0, 0.05) is 49.0 Å². The minimum atomic E-state index is -2.86. The SMILES string of the molecule is O=C(CCC1(O)CCCC(F)(F)C1)c1cn(CC2CCN2)c2cccc(Cl)c12. The molecule has 4 nitrogen and oxygen atoms in total. The van der Waals surface area contributed by atoms with Gasteiger partial charge in [-0.1, -0.05) is 17.7 Å². The van der Waals surface area contributed by atoms with Gasteiger partial charge in [0.25, 0.3) is 5.92 Å². The van der Waals surface area contributed by atoms with Crippen LogP contribution in [0, 0.1) is 0 Å². The average molecular weight is 411 g/mol. The molecular formula is C21H25ClF2N2O2. The lowest BCUT2D eigenvalue weighted by Gasteiger charge is -2.36. The quantitative estimate of drug-likeness (QED) is 0.686. The highest BCUT2D eigenvalue weighted by atomic mass is 35.5. The van der Waals surface area contributed by atoms with E-state index >= 15 is 0 Å². The normalized spacial score (nSPS) is 26.9. The fraction of sp³-hybridized carbons (Fsp3) is 0.571. The number of nitrogens with one attached hydrogen (secondary N) is 1. The van der Waals surface area contributed by atoms with E-state index in [2.05, 4.69) is 5.32 Å². The lowest BCUT2D eigenvalue weighted by atomic mass is 9.79. The van der Waals surface area contributed by atoms with Crippen molar-refractivity contribution < 1.29 is 18.7 Å². The summed E-state index contributed by atoms with van der Waals surface area (Å²) >= 11 is 6.39. The van der Waals surface area contributed by atoms with E-state index in [0.29, 0.717) is 28.4 Å². The molecule has 2 atom stereocenters. The zero-order valence-corrected chi connectivity index (χ0v) is 16.4. The average Bonchev–Trinajstić information content (AvgIpc) is 2.95. The lowest BCUT2D eigenvalue weighted by molar-refractivity contribution is -0.126. The van der Waals surface area contributed by atoms with Crippen molar-refractivity contribution in [2.45, 2.75) is 69.1 Å². The molecule has 0 radical (unpaired) electrons. The Labute approximate surface area is 167 Å². The van der Waals surface area contributed by atoms with E-state index in [-0.39, 0.29) is 31.5 Å². The molecule has 2 unspecified atom stereocenters. The Morgan fingerprint density at radius 3 is 2.82 bits per heavy atom. The number of alkyl halides is 2. The second kappa shape index (κ2) is 7.39. The van der Waals surface area contributed by atoms with Crippen molar-refractivity contribution in [2.24, 2.45) is 0 Å². The number of aliphatic hydroxyl groups is 1. The Hall–Kier alpha value is -1.50. The lowest BCUT2D eigenvalue weighted by Crippen LogP contribution is -2.45. The van der Waals surface area contributed by atoms with Crippen LogP contribution in [0.3, 0.4) is 0 Å². The third kappa shape index (κ3) is 3.95. The molecule has 28 heavy (non-hydrogen) atoms. The largest absolute Gasteiger partial charge is 0.390 e. The zero-order chi connectivity index (χ0) is 19.9. The number of carbonyl (C=O) groups is 1. The maximum Gasteiger partial charge on any atom is 0.250 e. The summed E-state index contributed by atoms with van der Waals surface area (Å²) in [6.45, 7) is 1.75. The van der Waals surface area contributed by atoms with Crippen molar-refractivity contribution in [2.75, 3.05) is 6.54 Å². The molecule has 0 amide bonds.